The monoisotopic (exact) mass is 183 g/mol. The minimum absolute atomic E-state index is 0.00824. The Kier molecular flexibility index (Phi) is 2.89. The molecule has 0 radical (unpaired) electrons. The summed E-state index contributed by atoms with van der Waals surface area (Å²) in [5.74, 6) is -0.344. The largest absolute Gasteiger partial charge is 0.476 e. The zero-order valence-electron chi connectivity index (χ0n) is 7.50. The van der Waals surface area contributed by atoms with Crippen molar-refractivity contribution in [1.82, 2.24) is 9.97 Å². The molecule has 0 aliphatic heterocycles. The number of carbonyl (C=O) groups is 1. The normalized spacial score (nSPS) is 10.2. The number of nitrogen functional groups attached to an aromatic ring is 1. The lowest BCUT2D eigenvalue weighted by Crippen LogP contribution is -2.01. The summed E-state index contributed by atoms with van der Waals surface area (Å²) in [5, 5.41) is 8.65. The fourth-order valence-electron chi connectivity index (χ4n) is 1.06. The van der Waals surface area contributed by atoms with Gasteiger partial charge in [0.15, 0.2) is 11.5 Å². The van der Waals surface area contributed by atoms with Crippen LogP contribution in [0, 0.1) is 0 Å². The molecule has 1 rings (SSSR count). The van der Waals surface area contributed by atoms with Crippen molar-refractivity contribution in [3.63, 3.8) is 0 Å². The second kappa shape index (κ2) is 3.93. The molecule has 0 saturated carbocycles. The molecular formula is C8H13N3O2. The van der Waals surface area contributed by atoms with Crippen LogP contribution in [-0.4, -0.2) is 21.0 Å². The van der Waals surface area contributed by atoms with Gasteiger partial charge in [0, 0.05) is 6.42 Å². The van der Waals surface area contributed by atoms with Gasteiger partial charge < -0.3 is 15.8 Å². The number of aromatic carboxylic acids is 1. The lowest BCUT2D eigenvalue weighted by molar-refractivity contribution is 0.0692. The molecule has 0 aliphatic rings. The molecule has 0 aromatic carbocycles. The van der Waals surface area contributed by atoms with Gasteiger partial charge in [-0.3, -0.25) is 0 Å². The standard InChI is InChI=1S/C8H13N3O2/c1-2-3-4-5-10-6(8(12)13)7(9)11-5/h2-4,9H2,1H3,(H,10,11)(H,12,13). The van der Waals surface area contributed by atoms with E-state index in [1.807, 2.05) is 0 Å². The summed E-state index contributed by atoms with van der Waals surface area (Å²) in [4.78, 5) is 17.1. The minimum atomic E-state index is -1.06. The minimum Gasteiger partial charge on any atom is -0.476 e. The highest BCUT2D eigenvalue weighted by atomic mass is 16.4. The van der Waals surface area contributed by atoms with Crippen molar-refractivity contribution in [2.45, 2.75) is 26.2 Å². The Morgan fingerprint density at radius 1 is 1.69 bits per heavy atom. The van der Waals surface area contributed by atoms with Crippen molar-refractivity contribution < 1.29 is 9.90 Å². The van der Waals surface area contributed by atoms with E-state index in [0.717, 1.165) is 19.3 Å². The van der Waals surface area contributed by atoms with Gasteiger partial charge in [-0.25, -0.2) is 9.78 Å². The van der Waals surface area contributed by atoms with Crippen molar-refractivity contribution in [2.75, 3.05) is 5.73 Å². The summed E-state index contributed by atoms with van der Waals surface area (Å²) in [6, 6.07) is 0. The van der Waals surface area contributed by atoms with Gasteiger partial charge in [0.1, 0.15) is 5.82 Å². The van der Waals surface area contributed by atoms with E-state index in [1.165, 1.54) is 0 Å². The number of H-pyrrole nitrogens is 1. The molecule has 0 amide bonds. The zero-order chi connectivity index (χ0) is 9.84. The molecule has 5 nitrogen and oxygen atoms in total. The van der Waals surface area contributed by atoms with Crippen LogP contribution < -0.4 is 5.73 Å². The fourth-order valence-corrected chi connectivity index (χ4v) is 1.06. The van der Waals surface area contributed by atoms with E-state index in [0.29, 0.717) is 5.82 Å². The lowest BCUT2D eigenvalue weighted by Gasteiger charge is -1.91. The van der Waals surface area contributed by atoms with Crippen molar-refractivity contribution in [1.29, 1.82) is 0 Å². The molecular weight excluding hydrogens is 170 g/mol. The number of nitrogens with zero attached hydrogens (tertiary/aromatic N) is 1. The molecule has 72 valence electrons. The van der Waals surface area contributed by atoms with Crippen LogP contribution in [0.3, 0.4) is 0 Å². The van der Waals surface area contributed by atoms with Crippen molar-refractivity contribution in [3.8, 4) is 0 Å². The fraction of sp³-hybridized carbons (Fsp3) is 0.500. The Balaban J connectivity index is 2.76. The van der Waals surface area contributed by atoms with Gasteiger partial charge in [-0.15, -0.1) is 0 Å². The number of nitrogens with one attached hydrogen (secondary N) is 1. The Morgan fingerprint density at radius 3 is 2.85 bits per heavy atom. The molecule has 0 fully saturated rings. The summed E-state index contributed by atoms with van der Waals surface area (Å²) < 4.78 is 0. The Morgan fingerprint density at radius 2 is 2.38 bits per heavy atom. The van der Waals surface area contributed by atoms with Crippen LogP contribution >= 0.6 is 0 Å². The quantitative estimate of drug-likeness (QED) is 0.650. The van der Waals surface area contributed by atoms with E-state index in [-0.39, 0.29) is 11.5 Å². The van der Waals surface area contributed by atoms with Gasteiger partial charge >= 0.3 is 5.97 Å². The van der Waals surface area contributed by atoms with E-state index >= 15 is 0 Å². The van der Waals surface area contributed by atoms with Crippen LogP contribution in [0.5, 0.6) is 0 Å². The Hall–Kier alpha value is -1.52. The van der Waals surface area contributed by atoms with Crippen molar-refractivity contribution >= 4 is 11.8 Å². The maximum absolute atomic E-state index is 10.6. The van der Waals surface area contributed by atoms with Crippen LogP contribution in [-0.2, 0) is 6.42 Å². The summed E-state index contributed by atoms with van der Waals surface area (Å²) in [7, 11) is 0. The zero-order valence-corrected chi connectivity index (χ0v) is 7.50. The van der Waals surface area contributed by atoms with E-state index in [4.69, 9.17) is 10.8 Å². The van der Waals surface area contributed by atoms with Crippen molar-refractivity contribution in [2.24, 2.45) is 0 Å². The number of nitrogens with two attached hydrogens (primary N) is 1. The molecule has 0 spiro atoms. The lowest BCUT2D eigenvalue weighted by atomic mass is 10.2. The number of imidazole rings is 1. The molecule has 4 N–H and O–H groups in total. The van der Waals surface area contributed by atoms with Crippen LogP contribution in [0.25, 0.3) is 0 Å². The first kappa shape index (κ1) is 9.57. The third-order valence-corrected chi connectivity index (χ3v) is 1.76. The summed E-state index contributed by atoms with van der Waals surface area (Å²) in [6.07, 6.45) is 2.77. The molecule has 1 heterocycles. The van der Waals surface area contributed by atoms with Gasteiger partial charge in [-0.2, -0.15) is 0 Å². The molecule has 5 heteroatoms. The van der Waals surface area contributed by atoms with Gasteiger partial charge in [-0.05, 0) is 6.42 Å². The average Bonchev–Trinajstić information content (AvgIpc) is 2.43. The molecule has 13 heavy (non-hydrogen) atoms. The SMILES string of the molecule is CCCCc1nc(N)c(C(=O)O)[nH]1. The number of hydrogen-bond donors (Lipinski definition) is 3. The van der Waals surface area contributed by atoms with Crippen molar-refractivity contribution in [3.05, 3.63) is 11.5 Å². The first-order valence-corrected chi connectivity index (χ1v) is 4.22. The van der Waals surface area contributed by atoms with Gasteiger partial charge in [0.05, 0.1) is 0 Å². The molecule has 0 atom stereocenters. The third-order valence-electron chi connectivity index (χ3n) is 1.76. The summed E-state index contributed by atoms with van der Waals surface area (Å²) >= 11 is 0. The number of anilines is 1. The number of unbranched alkanes of at least 4 members (excludes halogenated alkanes) is 1. The Labute approximate surface area is 76.0 Å². The number of aromatic nitrogens is 2. The number of aromatic amines is 1. The van der Waals surface area contributed by atoms with E-state index in [9.17, 15) is 4.79 Å². The topological polar surface area (TPSA) is 92.0 Å². The van der Waals surface area contributed by atoms with Crippen LogP contribution in [0.15, 0.2) is 0 Å². The molecule has 0 unspecified atom stereocenters. The van der Waals surface area contributed by atoms with Gasteiger partial charge in [-0.1, -0.05) is 13.3 Å². The van der Waals surface area contributed by atoms with E-state index in [2.05, 4.69) is 16.9 Å². The maximum atomic E-state index is 10.6. The highest BCUT2D eigenvalue weighted by molar-refractivity contribution is 5.90. The molecule has 1 aromatic heterocycles. The van der Waals surface area contributed by atoms with Crippen LogP contribution in [0.2, 0.25) is 0 Å². The molecule has 1 aromatic rings. The second-order valence-electron chi connectivity index (χ2n) is 2.85. The number of rotatable bonds is 4. The number of hydrogen-bond acceptors (Lipinski definition) is 3. The predicted octanol–water partition coefficient (Wildman–Crippen LogP) is 1.03. The third kappa shape index (κ3) is 2.21. The molecule has 0 bridgehead atoms. The van der Waals surface area contributed by atoms with Crippen LogP contribution in [0.4, 0.5) is 5.82 Å². The number of aryl methyl sites for hydroxylation is 1. The van der Waals surface area contributed by atoms with E-state index in [1.54, 1.807) is 0 Å². The molecule has 0 aliphatic carbocycles. The molecule has 0 saturated heterocycles. The first-order valence-electron chi connectivity index (χ1n) is 4.22. The Bertz CT molecular complexity index is 306. The van der Waals surface area contributed by atoms with Gasteiger partial charge in [0.2, 0.25) is 0 Å². The first-order chi connectivity index (χ1) is 6.15. The average molecular weight is 183 g/mol. The predicted molar refractivity (Wildman–Crippen MR) is 48.6 cm³/mol. The highest BCUT2D eigenvalue weighted by Gasteiger charge is 2.12. The highest BCUT2D eigenvalue weighted by Crippen LogP contribution is 2.09. The number of carboxylic acid groups (broad SMARTS) is 1. The van der Waals surface area contributed by atoms with E-state index < -0.39 is 5.97 Å². The number of carboxylic acids is 1. The smallest absolute Gasteiger partial charge is 0.356 e. The summed E-state index contributed by atoms with van der Waals surface area (Å²) in [5.41, 5.74) is 5.38. The van der Waals surface area contributed by atoms with Gasteiger partial charge in [0.25, 0.3) is 0 Å². The second-order valence-corrected chi connectivity index (χ2v) is 2.85. The summed E-state index contributed by atoms with van der Waals surface area (Å²) in [6.45, 7) is 2.06. The maximum Gasteiger partial charge on any atom is 0.356 e. The van der Waals surface area contributed by atoms with Crippen LogP contribution in [0.1, 0.15) is 36.1 Å².